The predicted molar refractivity (Wildman–Crippen MR) is 135 cm³/mol. The third-order valence-electron chi connectivity index (χ3n) is 5.33. The zero-order chi connectivity index (χ0) is 21.1. The van der Waals surface area contributed by atoms with Gasteiger partial charge < -0.3 is 20.3 Å². The summed E-state index contributed by atoms with van der Waals surface area (Å²) < 4.78 is 6.01. The van der Waals surface area contributed by atoms with E-state index < -0.39 is 0 Å². The van der Waals surface area contributed by atoms with Crippen molar-refractivity contribution in [2.45, 2.75) is 53.0 Å². The van der Waals surface area contributed by atoms with E-state index in [4.69, 9.17) is 9.73 Å². The molecule has 0 unspecified atom stereocenters. The van der Waals surface area contributed by atoms with Gasteiger partial charge in [0.05, 0.1) is 13.2 Å². The summed E-state index contributed by atoms with van der Waals surface area (Å²) in [4.78, 5) is 18.8. The summed E-state index contributed by atoms with van der Waals surface area (Å²) in [5.74, 6) is 3.11. The molecule has 0 atom stereocenters. The lowest BCUT2D eigenvalue weighted by Crippen LogP contribution is -2.46. The number of amides is 1. The van der Waals surface area contributed by atoms with Crippen LogP contribution in [0.15, 0.2) is 29.3 Å². The molecule has 7 heteroatoms. The van der Waals surface area contributed by atoms with Crippen LogP contribution in [0.1, 0.15) is 52.0 Å². The number of nitrogens with zero attached hydrogens (tertiary/aromatic N) is 2. The Hall–Kier alpha value is -1.51. The van der Waals surface area contributed by atoms with E-state index in [1.165, 1.54) is 0 Å². The number of carbonyl (C=O) groups is 1. The van der Waals surface area contributed by atoms with Gasteiger partial charge in [-0.05, 0) is 44.1 Å². The quantitative estimate of drug-likeness (QED) is 0.288. The van der Waals surface area contributed by atoms with E-state index in [0.717, 1.165) is 62.8 Å². The molecule has 0 saturated carbocycles. The van der Waals surface area contributed by atoms with E-state index in [1.807, 2.05) is 18.2 Å². The molecule has 1 aromatic rings. The fourth-order valence-corrected chi connectivity index (χ4v) is 3.48. The minimum atomic E-state index is 0. The van der Waals surface area contributed by atoms with Gasteiger partial charge in [-0.1, -0.05) is 32.0 Å². The summed E-state index contributed by atoms with van der Waals surface area (Å²) in [7, 11) is 1.71. The van der Waals surface area contributed by atoms with Crippen molar-refractivity contribution in [3.8, 4) is 5.75 Å². The van der Waals surface area contributed by atoms with Crippen LogP contribution in [-0.4, -0.2) is 50.1 Å². The molecule has 1 fully saturated rings. The summed E-state index contributed by atoms with van der Waals surface area (Å²) in [6, 6.07) is 8.17. The molecule has 0 aromatic heterocycles. The van der Waals surface area contributed by atoms with Crippen molar-refractivity contribution in [2.75, 3.05) is 33.3 Å². The molecule has 1 amide bonds. The van der Waals surface area contributed by atoms with E-state index in [1.54, 1.807) is 7.05 Å². The number of hydrogen-bond donors (Lipinski definition) is 2. The molecule has 170 valence electrons. The van der Waals surface area contributed by atoms with Gasteiger partial charge in [0.25, 0.3) is 0 Å². The number of halogens is 1. The van der Waals surface area contributed by atoms with Crippen LogP contribution in [0.3, 0.4) is 0 Å². The maximum absolute atomic E-state index is 11.6. The minimum absolute atomic E-state index is 0. The van der Waals surface area contributed by atoms with E-state index in [-0.39, 0.29) is 29.9 Å². The van der Waals surface area contributed by atoms with Crippen molar-refractivity contribution in [3.63, 3.8) is 0 Å². The smallest absolute Gasteiger partial charge is 0.220 e. The van der Waals surface area contributed by atoms with Crippen LogP contribution >= 0.6 is 24.0 Å². The first kappa shape index (κ1) is 26.5. The summed E-state index contributed by atoms with van der Waals surface area (Å²) in [6.45, 7) is 10.5. The van der Waals surface area contributed by atoms with Gasteiger partial charge in [-0.2, -0.15) is 0 Å². The molecule has 2 rings (SSSR count). The Morgan fingerprint density at radius 3 is 2.60 bits per heavy atom. The van der Waals surface area contributed by atoms with Crippen molar-refractivity contribution >= 4 is 35.8 Å². The predicted octanol–water partition coefficient (Wildman–Crippen LogP) is 4.04. The van der Waals surface area contributed by atoms with Gasteiger partial charge in [0.1, 0.15) is 5.75 Å². The average Bonchev–Trinajstić information content (AvgIpc) is 2.72. The lowest BCUT2D eigenvalue weighted by molar-refractivity contribution is -0.121. The molecular weight excluding hydrogens is 491 g/mol. The van der Waals surface area contributed by atoms with Crippen LogP contribution in [0.5, 0.6) is 5.75 Å². The van der Waals surface area contributed by atoms with Crippen molar-refractivity contribution < 1.29 is 9.53 Å². The molecular formula is C23H39IN4O2. The van der Waals surface area contributed by atoms with Gasteiger partial charge in [-0.3, -0.25) is 4.79 Å². The number of hydrogen-bond acceptors (Lipinski definition) is 3. The van der Waals surface area contributed by atoms with Crippen LogP contribution in [0, 0.1) is 11.8 Å². The monoisotopic (exact) mass is 530 g/mol. The standard InChI is InChI=1S/C23H38N4O2.HI/c1-5-25-23(27-13-10-19(11-14-27)16-22(28)24-4)26-17-20-8-6-7-9-21(20)29-15-12-18(2)3;/h6-9,18-19H,5,10-17H2,1-4H3,(H,24,28)(H,25,26);1H. The summed E-state index contributed by atoms with van der Waals surface area (Å²) in [6.07, 6.45) is 3.71. The van der Waals surface area contributed by atoms with Gasteiger partial charge in [0, 0.05) is 38.7 Å². The van der Waals surface area contributed by atoms with Crippen LogP contribution < -0.4 is 15.4 Å². The number of para-hydroxylation sites is 1. The Bertz CT molecular complexity index is 658. The highest BCUT2D eigenvalue weighted by Gasteiger charge is 2.23. The molecule has 1 aliphatic rings. The van der Waals surface area contributed by atoms with E-state index in [9.17, 15) is 4.79 Å². The minimum Gasteiger partial charge on any atom is -0.493 e. The highest BCUT2D eigenvalue weighted by molar-refractivity contribution is 14.0. The van der Waals surface area contributed by atoms with Crippen LogP contribution in [0.25, 0.3) is 0 Å². The van der Waals surface area contributed by atoms with Crippen molar-refractivity contribution in [1.82, 2.24) is 15.5 Å². The largest absolute Gasteiger partial charge is 0.493 e. The van der Waals surface area contributed by atoms with Gasteiger partial charge in [-0.15, -0.1) is 24.0 Å². The highest BCUT2D eigenvalue weighted by Crippen LogP contribution is 2.22. The molecule has 0 radical (unpaired) electrons. The van der Waals surface area contributed by atoms with E-state index in [0.29, 0.717) is 24.8 Å². The molecule has 1 aliphatic heterocycles. The van der Waals surface area contributed by atoms with Gasteiger partial charge in [-0.25, -0.2) is 4.99 Å². The van der Waals surface area contributed by atoms with Gasteiger partial charge in [0.15, 0.2) is 5.96 Å². The molecule has 6 nitrogen and oxygen atoms in total. The van der Waals surface area contributed by atoms with Crippen molar-refractivity contribution in [3.05, 3.63) is 29.8 Å². The SMILES string of the molecule is CCNC(=NCc1ccccc1OCCC(C)C)N1CCC(CC(=O)NC)CC1.I. The number of likely N-dealkylation sites (tertiary alicyclic amines) is 1. The first-order chi connectivity index (χ1) is 14.0. The molecule has 2 N–H and O–H groups in total. The second kappa shape index (κ2) is 14.5. The molecule has 0 bridgehead atoms. The first-order valence-electron chi connectivity index (χ1n) is 11.0. The highest BCUT2D eigenvalue weighted by atomic mass is 127. The maximum atomic E-state index is 11.6. The molecule has 0 aliphatic carbocycles. The number of guanidine groups is 1. The molecule has 0 spiro atoms. The zero-order valence-corrected chi connectivity index (χ0v) is 21.3. The van der Waals surface area contributed by atoms with Gasteiger partial charge >= 0.3 is 0 Å². The van der Waals surface area contributed by atoms with Crippen LogP contribution in [-0.2, 0) is 11.3 Å². The zero-order valence-electron chi connectivity index (χ0n) is 18.9. The third kappa shape index (κ3) is 9.10. The number of benzene rings is 1. The summed E-state index contributed by atoms with van der Waals surface area (Å²) in [5.41, 5.74) is 1.11. The summed E-state index contributed by atoms with van der Waals surface area (Å²) >= 11 is 0. The Morgan fingerprint density at radius 1 is 1.27 bits per heavy atom. The van der Waals surface area contributed by atoms with Crippen LogP contribution in [0.4, 0.5) is 0 Å². The summed E-state index contributed by atoms with van der Waals surface area (Å²) in [5, 5.41) is 6.15. The van der Waals surface area contributed by atoms with Crippen molar-refractivity contribution in [1.29, 1.82) is 0 Å². The second-order valence-electron chi connectivity index (χ2n) is 8.12. The Labute approximate surface area is 199 Å². The second-order valence-corrected chi connectivity index (χ2v) is 8.12. The fraction of sp³-hybridized carbons (Fsp3) is 0.652. The number of aliphatic imine (C=N–C) groups is 1. The first-order valence-corrected chi connectivity index (χ1v) is 11.0. The number of nitrogens with one attached hydrogen (secondary N) is 2. The number of piperidine rings is 1. The number of rotatable bonds is 9. The van der Waals surface area contributed by atoms with Gasteiger partial charge in [0.2, 0.25) is 5.91 Å². The molecule has 30 heavy (non-hydrogen) atoms. The van der Waals surface area contributed by atoms with E-state index in [2.05, 4.69) is 42.4 Å². The van der Waals surface area contributed by atoms with E-state index >= 15 is 0 Å². The van der Waals surface area contributed by atoms with Crippen LogP contribution in [0.2, 0.25) is 0 Å². The lowest BCUT2D eigenvalue weighted by atomic mass is 9.93. The average molecular weight is 530 g/mol. The number of ether oxygens (including phenoxy) is 1. The molecule has 1 heterocycles. The van der Waals surface area contributed by atoms with Crippen molar-refractivity contribution in [2.24, 2.45) is 16.8 Å². The topological polar surface area (TPSA) is 66.0 Å². The third-order valence-corrected chi connectivity index (χ3v) is 5.33. The Balaban J connectivity index is 0.00000450. The fourth-order valence-electron chi connectivity index (χ4n) is 3.48. The number of carbonyl (C=O) groups excluding carboxylic acids is 1. The Kier molecular flexibility index (Phi) is 12.8. The maximum Gasteiger partial charge on any atom is 0.220 e. The lowest BCUT2D eigenvalue weighted by Gasteiger charge is -2.34. The Morgan fingerprint density at radius 2 is 1.97 bits per heavy atom. The molecule has 1 saturated heterocycles. The molecule has 1 aromatic carbocycles. The normalized spacial score (nSPS) is 15.0.